The standard InChI is InChI=1S/C20H31N3O3.HI/c1-21-19(23-15-20(10-4-11-20)12-14-25-2)22-13-9-16-5-7-17(8-6-16)18(24)26-3;/h5-8H,4,9-15H2,1-3H3,(H2,21,22,23);1H. The van der Waals surface area contributed by atoms with Gasteiger partial charge in [0, 0.05) is 33.9 Å². The van der Waals surface area contributed by atoms with Crippen molar-refractivity contribution in [3.8, 4) is 0 Å². The average Bonchev–Trinajstić information content (AvgIpc) is 2.65. The highest BCUT2D eigenvalue weighted by molar-refractivity contribution is 14.0. The van der Waals surface area contributed by atoms with Gasteiger partial charge in [0.05, 0.1) is 12.7 Å². The van der Waals surface area contributed by atoms with Crippen LogP contribution in [0.25, 0.3) is 0 Å². The van der Waals surface area contributed by atoms with Gasteiger partial charge in [0.1, 0.15) is 0 Å². The number of halogens is 1. The van der Waals surface area contributed by atoms with Gasteiger partial charge in [-0.25, -0.2) is 4.79 Å². The number of benzene rings is 1. The summed E-state index contributed by atoms with van der Waals surface area (Å²) in [5.41, 5.74) is 2.09. The molecular formula is C20H32IN3O3. The molecule has 1 aliphatic carbocycles. The largest absolute Gasteiger partial charge is 0.465 e. The summed E-state index contributed by atoms with van der Waals surface area (Å²) in [6, 6.07) is 7.51. The number of methoxy groups -OCH3 is 2. The molecule has 0 bridgehead atoms. The minimum Gasteiger partial charge on any atom is -0.465 e. The number of hydrogen-bond donors (Lipinski definition) is 2. The fourth-order valence-electron chi connectivity index (χ4n) is 3.25. The minimum atomic E-state index is -0.308. The van der Waals surface area contributed by atoms with Crippen molar-refractivity contribution in [1.82, 2.24) is 10.6 Å². The Balaban J connectivity index is 0.00000364. The lowest BCUT2D eigenvalue weighted by Crippen LogP contribution is -2.47. The Morgan fingerprint density at radius 3 is 2.41 bits per heavy atom. The molecule has 152 valence electrons. The zero-order valence-electron chi connectivity index (χ0n) is 16.5. The van der Waals surface area contributed by atoms with E-state index >= 15 is 0 Å². The third-order valence-corrected chi connectivity index (χ3v) is 5.19. The number of nitrogens with one attached hydrogen (secondary N) is 2. The van der Waals surface area contributed by atoms with Crippen LogP contribution in [-0.2, 0) is 15.9 Å². The first-order valence-corrected chi connectivity index (χ1v) is 9.23. The minimum absolute atomic E-state index is 0. The molecule has 27 heavy (non-hydrogen) atoms. The van der Waals surface area contributed by atoms with Gasteiger partial charge in [0.2, 0.25) is 0 Å². The molecule has 0 aromatic heterocycles. The fraction of sp³-hybridized carbons (Fsp3) is 0.600. The maximum Gasteiger partial charge on any atom is 0.337 e. The Hall–Kier alpha value is -1.35. The lowest BCUT2D eigenvalue weighted by atomic mass is 9.67. The molecule has 1 aromatic carbocycles. The predicted molar refractivity (Wildman–Crippen MR) is 119 cm³/mol. The lowest BCUT2D eigenvalue weighted by molar-refractivity contribution is 0.0600. The van der Waals surface area contributed by atoms with Gasteiger partial charge in [0.25, 0.3) is 0 Å². The Bertz CT molecular complexity index is 601. The van der Waals surface area contributed by atoms with Crippen LogP contribution in [0, 0.1) is 5.41 Å². The van der Waals surface area contributed by atoms with Gasteiger partial charge < -0.3 is 20.1 Å². The van der Waals surface area contributed by atoms with E-state index in [0.29, 0.717) is 11.0 Å². The quantitative estimate of drug-likeness (QED) is 0.242. The third kappa shape index (κ3) is 7.29. The average molecular weight is 489 g/mol. The topological polar surface area (TPSA) is 72.0 Å². The SMILES string of the molecule is CN=C(NCCc1ccc(C(=O)OC)cc1)NCC1(CCOC)CCC1.I. The van der Waals surface area contributed by atoms with Gasteiger partial charge in [-0.1, -0.05) is 18.6 Å². The first-order valence-electron chi connectivity index (χ1n) is 9.23. The van der Waals surface area contributed by atoms with Gasteiger partial charge in [-0.15, -0.1) is 24.0 Å². The number of hydrogen-bond acceptors (Lipinski definition) is 4. The maximum atomic E-state index is 11.4. The van der Waals surface area contributed by atoms with Gasteiger partial charge in [-0.2, -0.15) is 0 Å². The second kappa shape index (κ2) is 12.2. The van der Waals surface area contributed by atoms with Crippen molar-refractivity contribution in [1.29, 1.82) is 0 Å². The molecule has 0 aliphatic heterocycles. The molecule has 0 unspecified atom stereocenters. The highest BCUT2D eigenvalue weighted by atomic mass is 127. The van der Waals surface area contributed by atoms with E-state index in [1.54, 1.807) is 26.3 Å². The molecule has 7 heteroatoms. The van der Waals surface area contributed by atoms with Gasteiger partial charge in [-0.05, 0) is 48.8 Å². The number of carbonyl (C=O) groups is 1. The Morgan fingerprint density at radius 2 is 1.89 bits per heavy atom. The van der Waals surface area contributed by atoms with E-state index in [1.165, 1.54) is 26.4 Å². The van der Waals surface area contributed by atoms with E-state index in [-0.39, 0.29) is 29.9 Å². The van der Waals surface area contributed by atoms with E-state index in [4.69, 9.17) is 9.47 Å². The van der Waals surface area contributed by atoms with Crippen molar-refractivity contribution >= 4 is 35.9 Å². The van der Waals surface area contributed by atoms with Crippen LogP contribution in [0.4, 0.5) is 0 Å². The summed E-state index contributed by atoms with van der Waals surface area (Å²) >= 11 is 0. The second-order valence-electron chi connectivity index (χ2n) is 6.89. The smallest absolute Gasteiger partial charge is 0.337 e. The molecule has 0 radical (unpaired) electrons. The molecule has 0 atom stereocenters. The van der Waals surface area contributed by atoms with Crippen LogP contribution in [0.3, 0.4) is 0 Å². The zero-order valence-corrected chi connectivity index (χ0v) is 18.9. The molecule has 0 spiro atoms. The van der Waals surface area contributed by atoms with Crippen LogP contribution in [0.1, 0.15) is 41.6 Å². The number of esters is 1. The number of carbonyl (C=O) groups excluding carboxylic acids is 1. The van der Waals surface area contributed by atoms with Crippen molar-refractivity contribution < 1.29 is 14.3 Å². The summed E-state index contributed by atoms with van der Waals surface area (Å²) in [5.74, 6) is 0.526. The molecule has 0 heterocycles. The van der Waals surface area contributed by atoms with E-state index in [0.717, 1.165) is 44.1 Å². The molecule has 6 nitrogen and oxygen atoms in total. The molecule has 1 aromatic rings. The lowest BCUT2D eigenvalue weighted by Gasteiger charge is -2.42. The molecule has 1 saturated carbocycles. The molecule has 0 saturated heterocycles. The second-order valence-corrected chi connectivity index (χ2v) is 6.89. The van der Waals surface area contributed by atoms with Crippen LogP contribution in [0.15, 0.2) is 29.3 Å². The molecular weight excluding hydrogens is 457 g/mol. The van der Waals surface area contributed by atoms with Crippen LogP contribution in [0.2, 0.25) is 0 Å². The fourth-order valence-corrected chi connectivity index (χ4v) is 3.25. The number of rotatable bonds is 9. The van der Waals surface area contributed by atoms with Crippen LogP contribution >= 0.6 is 24.0 Å². The summed E-state index contributed by atoms with van der Waals surface area (Å²) in [5, 5.41) is 6.82. The predicted octanol–water partition coefficient (Wildman–Crippen LogP) is 3.01. The monoisotopic (exact) mass is 489 g/mol. The highest BCUT2D eigenvalue weighted by Gasteiger charge is 2.36. The number of aliphatic imine (C=N–C) groups is 1. The normalized spacial score (nSPS) is 15.3. The van der Waals surface area contributed by atoms with Gasteiger partial charge in [-0.3, -0.25) is 4.99 Å². The molecule has 1 aliphatic rings. The summed E-state index contributed by atoms with van der Waals surface area (Å²) < 4.78 is 9.96. The number of nitrogens with zero attached hydrogens (tertiary/aromatic N) is 1. The van der Waals surface area contributed by atoms with Crippen molar-refractivity contribution in [3.05, 3.63) is 35.4 Å². The molecule has 2 rings (SSSR count). The van der Waals surface area contributed by atoms with Crippen molar-refractivity contribution in [2.75, 3.05) is 41.0 Å². The van der Waals surface area contributed by atoms with E-state index in [1.807, 2.05) is 12.1 Å². The van der Waals surface area contributed by atoms with E-state index in [2.05, 4.69) is 15.6 Å². The Kier molecular flexibility index (Phi) is 10.7. The highest BCUT2D eigenvalue weighted by Crippen LogP contribution is 2.43. The van der Waals surface area contributed by atoms with Crippen LogP contribution < -0.4 is 10.6 Å². The summed E-state index contributed by atoms with van der Waals surface area (Å²) in [6.07, 6.45) is 5.77. The van der Waals surface area contributed by atoms with E-state index < -0.39 is 0 Å². The first kappa shape index (κ1) is 23.7. The third-order valence-electron chi connectivity index (χ3n) is 5.19. The van der Waals surface area contributed by atoms with Crippen LogP contribution in [0.5, 0.6) is 0 Å². The van der Waals surface area contributed by atoms with Crippen molar-refractivity contribution in [3.63, 3.8) is 0 Å². The Labute approximate surface area is 179 Å². The maximum absolute atomic E-state index is 11.4. The summed E-state index contributed by atoms with van der Waals surface area (Å²) in [7, 11) is 4.95. The van der Waals surface area contributed by atoms with E-state index in [9.17, 15) is 4.79 Å². The molecule has 1 fully saturated rings. The number of ether oxygens (including phenoxy) is 2. The Morgan fingerprint density at radius 1 is 1.19 bits per heavy atom. The van der Waals surface area contributed by atoms with Crippen LogP contribution in [-0.4, -0.2) is 52.9 Å². The molecule has 0 amide bonds. The van der Waals surface area contributed by atoms with Crippen molar-refractivity contribution in [2.45, 2.75) is 32.1 Å². The van der Waals surface area contributed by atoms with Gasteiger partial charge in [0.15, 0.2) is 5.96 Å². The summed E-state index contributed by atoms with van der Waals surface area (Å²) in [4.78, 5) is 15.8. The number of guanidine groups is 1. The molecule has 2 N–H and O–H groups in total. The first-order chi connectivity index (χ1) is 12.6. The van der Waals surface area contributed by atoms with Crippen molar-refractivity contribution in [2.24, 2.45) is 10.4 Å². The van der Waals surface area contributed by atoms with Gasteiger partial charge >= 0.3 is 5.97 Å². The summed E-state index contributed by atoms with van der Waals surface area (Å²) in [6.45, 7) is 2.53. The zero-order chi connectivity index (χ0) is 18.8.